The van der Waals surface area contributed by atoms with Crippen LogP contribution in [-0.4, -0.2) is 71.0 Å². The predicted octanol–water partition coefficient (Wildman–Crippen LogP) is 1.90. The van der Waals surface area contributed by atoms with Gasteiger partial charge in [-0.25, -0.2) is 4.98 Å². The van der Waals surface area contributed by atoms with Crippen molar-refractivity contribution in [3.8, 4) is 0 Å². The van der Waals surface area contributed by atoms with Crippen LogP contribution in [0, 0.1) is 0 Å². The van der Waals surface area contributed by atoms with Gasteiger partial charge in [0.25, 0.3) is 5.91 Å². The highest BCUT2D eigenvalue weighted by atomic mass is 16.2. The molecule has 1 aromatic carbocycles. The van der Waals surface area contributed by atoms with Crippen LogP contribution in [0.15, 0.2) is 48.9 Å². The number of amides is 1. The van der Waals surface area contributed by atoms with E-state index in [4.69, 9.17) is 0 Å². The smallest absolute Gasteiger partial charge is 0.274 e. The van der Waals surface area contributed by atoms with Gasteiger partial charge in [-0.1, -0.05) is 18.2 Å². The molecule has 2 aromatic rings. The van der Waals surface area contributed by atoms with Crippen molar-refractivity contribution >= 4 is 11.6 Å². The van der Waals surface area contributed by atoms with Crippen LogP contribution in [0.2, 0.25) is 0 Å². The van der Waals surface area contributed by atoms with Gasteiger partial charge in [0.2, 0.25) is 0 Å². The van der Waals surface area contributed by atoms with Gasteiger partial charge < -0.3 is 9.80 Å². The molecule has 0 N–H and O–H groups in total. The molecule has 0 bridgehead atoms. The molecular weight excluding hydrogens is 326 g/mol. The number of carbonyl (C=O) groups is 1. The van der Waals surface area contributed by atoms with Gasteiger partial charge in [-0.15, -0.1) is 0 Å². The zero-order valence-corrected chi connectivity index (χ0v) is 15.0. The molecule has 6 heteroatoms. The minimum Gasteiger partial charge on any atom is -0.369 e. The largest absolute Gasteiger partial charge is 0.369 e. The van der Waals surface area contributed by atoms with E-state index in [9.17, 15) is 4.79 Å². The Morgan fingerprint density at radius 2 is 1.81 bits per heavy atom. The number of rotatable bonds is 3. The summed E-state index contributed by atoms with van der Waals surface area (Å²) in [6.07, 6.45) is 6.95. The maximum atomic E-state index is 12.7. The fourth-order valence-electron chi connectivity index (χ4n) is 3.99. The molecule has 1 amide bonds. The minimum absolute atomic E-state index is 0.00530. The standard InChI is InChI=1S/C20H25N5O/c26-20(19-15-21-8-9-22-19)25-10-4-7-18(16-25)24-13-11-23(12-14-24)17-5-2-1-3-6-17/h1-3,5-6,8-9,15,18H,4,7,10-14,16H2/t18-/m1/s1. The molecule has 0 spiro atoms. The summed E-state index contributed by atoms with van der Waals surface area (Å²) in [5.74, 6) is 0.00530. The summed E-state index contributed by atoms with van der Waals surface area (Å²) in [4.78, 5) is 27.8. The second-order valence-corrected chi connectivity index (χ2v) is 7.00. The van der Waals surface area contributed by atoms with E-state index in [1.54, 1.807) is 18.6 Å². The third-order valence-electron chi connectivity index (χ3n) is 5.42. The average molecular weight is 351 g/mol. The van der Waals surface area contributed by atoms with Crippen LogP contribution < -0.4 is 4.90 Å². The SMILES string of the molecule is O=C(c1cnccn1)N1CCC[C@@H](N2CCN(c3ccccc3)CC2)C1. The van der Waals surface area contributed by atoms with Crippen LogP contribution in [0.4, 0.5) is 5.69 Å². The first-order valence-electron chi connectivity index (χ1n) is 9.40. The van der Waals surface area contributed by atoms with Gasteiger partial charge in [0, 0.05) is 63.4 Å². The van der Waals surface area contributed by atoms with Crippen LogP contribution in [0.5, 0.6) is 0 Å². The lowest BCUT2D eigenvalue weighted by atomic mass is 10.0. The van der Waals surface area contributed by atoms with E-state index in [1.807, 2.05) is 4.90 Å². The zero-order valence-electron chi connectivity index (χ0n) is 15.0. The average Bonchev–Trinajstić information content (AvgIpc) is 2.75. The molecule has 0 unspecified atom stereocenters. The van der Waals surface area contributed by atoms with Crippen LogP contribution in [0.25, 0.3) is 0 Å². The van der Waals surface area contributed by atoms with Crippen molar-refractivity contribution in [2.24, 2.45) is 0 Å². The molecule has 1 atom stereocenters. The first kappa shape index (κ1) is 17.0. The molecule has 6 nitrogen and oxygen atoms in total. The van der Waals surface area contributed by atoms with Crippen molar-refractivity contribution in [2.75, 3.05) is 44.2 Å². The second kappa shape index (κ2) is 7.83. The quantitative estimate of drug-likeness (QED) is 0.845. The molecule has 0 radical (unpaired) electrons. The lowest BCUT2D eigenvalue weighted by Crippen LogP contribution is -2.56. The highest BCUT2D eigenvalue weighted by molar-refractivity contribution is 5.92. The third-order valence-corrected chi connectivity index (χ3v) is 5.42. The van der Waals surface area contributed by atoms with Crippen molar-refractivity contribution in [1.29, 1.82) is 0 Å². The summed E-state index contributed by atoms with van der Waals surface area (Å²) >= 11 is 0. The number of carbonyl (C=O) groups excluding carboxylic acids is 1. The fourth-order valence-corrected chi connectivity index (χ4v) is 3.99. The number of likely N-dealkylation sites (tertiary alicyclic amines) is 1. The van der Waals surface area contributed by atoms with E-state index >= 15 is 0 Å². The van der Waals surface area contributed by atoms with Crippen molar-refractivity contribution < 1.29 is 4.79 Å². The Kier molecular flexibility index (Phi) is 5.11. The number of benzene rings is 1. The molecule has 0 saturated carbocycles. The molecule has 26 heavy (non-hydrogen) atoms. The van der Waals surface area contributed by atoms with E-state index in [2.05, 4.69) is 50.1 Å². The highest BCUT2D eigenvalue weighted by Crippen LogP contribution is 2.21. The normalized spacial score (nSPS) is 21.6. The number of nitrogens with zero attached hydrogens (tertiary/aromatic N) is 5. The van der Waals surface area contributed by atoms with Gasteiger partial charge >= 0.3 is 0 Å². The number of piperidine rings is 1. The van der Waals surface area contributed by atoms with E-state index in [-0.39, 0.29) is 5.91 Å². The van der Waals surface area contributed by atoms with Gasteiger partial charge in [-0.3, -0.25) is 14.7 Å². The molecule has 136 valence electrons. The zero-order chi connectivity index (χ0) is 17.8. The summed E-state index contributed by atoms with van der Waals surface area (Å²) in [6.45, 7) is 5.79. The number of hydrogen-bond donors (Lipinski definition) is 0. The van der Waals surface area contributed by atoms with E-state index in [0.29, 0.717) is 11.7 Å². The second-order valence-electron chi connectivity index (χ2n) is 7.00. The van der Waals surface area contributed by atoms with Crippen molar-refractivity contribution in [3.63, 3.8) is 0 Å². The molecule has 1 aromatic heterocycles. The molecular formula is C20H25N5O. The summed E-state index contributed by atoms with van der Waals surface area (Å²) in [5.41, 5.74) is 1.75. The number of aromatic nitrogens is 2. The van der Waals surface area contributed by atoms with Gasteiger partial charge in [0.15, 0.2) is 0 Å². The van der Waals surface area contributed by atoms with Gasteiger partial charge in [0.05, 0.1) is 6.20 Å². The molecule has 2 aliphatic rings. The monoisotopic (exact) mass is 351 g/mol. The number of para-hydroxylation sites is 1. The Morgan fingerprint density at radius 3 is 2.54 bits per heavy atom. The Hall–Kier alpha value is -2.47. The maximum Gasteiger partial charge on any atom is 0.274 e. The van der Waals surface area contributed by atoms with Crippen LogP contribution in [0.3, 0.4) is 0 Å². The Morgan fingerprint density at radius 1 is 1.00 bits per heavy atom. The van der Waals surface area contributed by atoms with Gasteiger partial charge in [-0.2, -0.15) is 0 Å². The van der Waals surface area contributed by atoms with Crippen molar-refractivity contribution in [3.05, 3.63) is 54.6 Å². The number of hydrogen-bond acceptors (Lipinski definition) is 5. The first-order chi connectivity index (χ1) is 12.8. The molecule has 0 aliphatic carbocycles. The fraction of sp³-hybridized carbons (Fsp3) is 0.450. The lowest BCUT2D eigenvalue weighted by molar-refractivity contribution is 0.0558. The topological polar surface area (TPSA) is 52.6 Å². The summed E-state index contributed by atoms with van der Waals surface area (Å²) in [7, 11) is 0. The van der Waals surface area contributed by atoms with Crippen LogP contribution in [0.1, 0.15) is 23.3 Å². The number of piperazine rings is 1. The molecule has 3 heterocycles. The molecule has 2 aliphatic heterocycles. The minimum atomic E-state index is 0.00530. The summed E-state index contributed by atoms with van der Waals surface area (Å²) in [6, 6.07) is 11.1. The first-order valence-corrected chi connectivity index (χ1v) is 9.40. The van der Waals surface area contributed by atoms with Crippen LogP contribution >= 0.6 is 0 Å². The van der Waals surface area contributed by atoms with Gasteiger partial charge in [-0.05, 0) is 25.0 Å². The van der Waals surface area contributed by atoms with Crippen LogP contribution in [-0.2, 0) is 0 Å². The van der Waals surface area contributed by atoms with Crippen molar-refractivity contribution in [2.45, 2.75) is 18.9 Å². The molecule has 2 fully saturated rings. The lowest BCUT2D eigenvalue weighted by Gasteiger charge is -2.43. The molecule has 4 rings (SSSR count). The van der Waals surface area contributed by atoms with Gasteiger partial charge in [0.1, 0.15) is 5.69 Å². The Labute approximate surface area is 154 Å². The number of anilines is 1. The molecule has 2 saturated heterocycles. The predicted molar refractivity (Wildman–Crippen MR) is 101 cm³/mol. The maximum absolute atomic E-state index is 12.7. The Balaban J connectivity index is 1.35. The summed E-state index contributed by atoms with van der Waals surface area (Å²) < 4.78 is 0. The Bertz CT molecular complexity index is 715. The third kappa shape index (κ3) is 3.70. The van der Waals surface area contributed by atoms with Crippen molar-refractivity contribution in [1.82, 2.24) is 19.8 Å². The summed E-state index contributed by atoms with van der Waals surface area (Å²) in [5, 5.41) is 0. The highest BCUT2D eigenvalue weighted by Gasteiger charge is 2.30. The van der Waals surface area contributed by atoms with E-state index < -0.39 is 0 Å². The van der Waals surface area contributed by atoms with E-state index in [1.165, 1.54) is 5.69 Å². The van der Waals surface area contributed by atoms with E-state index in [0.717, 1.165) is 52.1 Å².